The first-order valence-electron chi connectivity index (χ1n) is 7.44. The molecule has 2 aromatic rings. The number of amides is 1. The van der Waals surface area contributed by atoms with E-state index in [2.05, 4.69) is 20.9 Å². The van der Waals surface area contributed by atoms with E-state index in [1.54, 1.807) is 18.2 Å². The first kappa shape index (κ1) is 19.3. The summed E-state index contributed by atoms with van der Waals surface area (Å²) < 4.78 is 2.18. The van der Waals surface area contributed by atoms with Gasteiger partial charge >= 0.3 is 5.97 Å². The minimum Gasteiger partial charge on any atom is -0.493 e. The van der Waals surface area contributed by atoms with Gasteiger partial charge in [0.2, 0.25) is 5.88 Å². The number of rotatable bonds is 6. The molecule has 0 saturated heterocycles. The normalized spacial score (nSPS) is 14.2. The molecule has 0 radical (unpaired) electrons. The highest BCUT2D eigenvalue weighted by Crippen LogP contribution is 2.36. The van der Waals surface area contributed by atoms with Gasteiger partial charge in [-0.25, -0.2) is 9.79 Å². The number of nitrogens with zero attached hydrogens (tertiary/aromatic N) is 2. The van der Waals surface area contributed by atoms with Crippen molar-refractivity contribution in [1.29, 1.82) is 0 Å². The summed E-state index contributed by atoms with van der Waals surface area (Å²) in [6.07, 6.45) is 2.19. The maximum absolute atomic E-state index is 12.4. The fourth-order valence-corrected chi connectivity index (χ4v) is 4.97. The quantitative estimate of drug-likeness (QED) is 0.627. The minimum atomic E-state index is -1.08. The van der Waals surface area contributed by atoms with E-state index in [1.165, 1.54) is 16.3 Å². The van der Waals surface area contributed by atoms with E-state index < -0.39 is 17.9 Å². The van der Waals surface area contributed by atoms with Crippen molar-refractivity contribution in [2.24, 2.45) is 4.99 Å². The number of carboxylic acids is 1. The molecule has 1 aliphatic heterocycles. The van der Waals surface area contributed by atoms with Gasteiger partial charge < -0.3 is 10.2 Å². The van der Waals surface area contributed by atoms with E-state index in [0.717, 1.165) is 15.8 Å². The van der Waals surface area contributed by atoms with Gasteiger partial charge in [-0.15, -0.1) is 11.3 Å². The molecule has 0 spiro atoms. The number of benzene rings is 1. The molecule has 2 N–H and O–H groups in total. The van der Waals surface area contributed by atoms with Crippen LogP contribution < -0.4 is 10.6 Å². The summed E-state index contributed by atoms with van der Waals surface area (Å²) >= 11 is 11.2. The molecule has 0 bridgehead atoms. The third-order valence-corrected chi connectivity index (χ3v) is 6.45. The molecule has 6 nitrogen and oxygen atoms in total. The van der Waals surface area contributed by atoms with Crippen molar-refractivity contribution in [3.05, 3.63) is 42.1 Å². The molecule has 136 valence electrons. The van der Waals surface area contributed by atoms with Crippen molar-refractivity contribution >= 4 is 68.7 Å². The summed E-state index contributed by atoms with van der Waals surface area (Å²) in [7, 11) is 0. The number of fused-ring (bicyclic) bond motifs is 1. The van der Waals surface area contributed by atoms with Crippen LogP contribution in [0.3, 0.4) is 0 Å². The monoisotopic (exact) mass is 472 g/mol. The minimum absolute atomic E-state index is 0.203. The zero-order valence-electron chi connectivity index (χ0n) is 13.4. The van der Waals surface area contributed by atoms with Gasteiger partial charge in [0.15, 0.2) is 3.95 Å². The van der Waals surface area contributed by atoms with E-state index in [1.807, 2.05) is 6.26 Å². The molecule has 0 unspecified atom stereocenters. The van der Waals surface area contributed by atoms with Crippen LogP contribution in [0.2, 0.25) is 0 Å². The van der Waals surface area contributed by atoms with Crippen LogP contribution in [0.5, 0.6) is 5.88 Å². The summed E-state index contributed by atoms with van der Waals surface area (Å²) in [6, 6.07) is 4.23. The molecule has 1 atom stereocenters. The zero-order chi connectivity index (χ0) is 19.0. The molecule has 2 heterocycles. The second-order valence-electron chi connectivity index (χ2n) is 5.48. The Bertz CT molecular complexity index is 1090. The standard InChI is InChI=1S/C16H13BrN2O4S3/c1-25-5-4-10(15(22)23)19-14(21)12(26-16(19)24)11-8-6-7(17)2-3-9(8)18-13(11)20/h2-3,6,10,21H,4-5H2,1H3,(H,22,23)/t10-/m0/s1. The van der Waals surface area contributed by atoms with Crippen LogP contribution in [0.1, 0.15) is 17.3 Å². The number of aromatic hydroxyl groups is 1. The lowest BCUT2D eigenvalue weighted by molar-refractivity contribution is -0.141. The molecule has 0 saturated carbocycles. The van der Waals surface area contributed by atoms with E-state index in [9.17, 15) is 19.8 Å². The molecule has 1 aliphatic rings. The predicted octanol–water partition coefficient (Wildman–Crippen LogP) is 2.48. The molecular formula is C16H13BrN2O4S3. The summed E-state index contributed by atoms with van der Waals surface area (Å²) in [5, 5.41) is 21.3. The Hall–Kier alpha value is -1.49. The van der Waals surface area contributed by atoms with Gasteiger partial charge in [0, 0.05) is 9.69 Å². The lowest BCUT2D eigenvalue weighted by Crippen LogP contribution is -2.23. The number of carbonyl (C=O) groups is 2. The van der Waals surface area contributed by atoms with Gasteiger partial charge in [-0.1, -0.05) is 15.9 Å². The average Bonchev–Trinajstić information content (AvgIpc) is 3.04. The second-order valence-corrected chi connectivity index (χ2v) is 9.03. The third-order valence-electron chi connectivity index (χ3n) is 3.90. The summed E-state index contributed by atoms with van der Waals surface area (Å²) in [5.41, 5.74) is 0.239. The highest BCUT2D eigenvalue weighted by molar-refractivity contribution is 9.10. The van der Waals surface area contributed by atoms with Crippen LogP contribution in [0, 0.1) is 3.95 Å². The Balaban J connectivity index is 2.22. The van der Waals surface area contributed by atoms with Crippen molar-refractivity contribution in [2.45, 2.75) is 12.5 Å². The second kappa shape index (κ2) is 7.63. The van der Waals surface area contributed by atoms with Crippen molar-refractivity contribution in [2.75, 3.05) is 12.0 Å². The number of aromatic nitrogens is 1. The third kappa shape index (κ3) is 3.38. The lowest BCUT2D eigenvalue weighted by Gasteiger charge is -2.14. The predicted molar refractivity (Wildman–Crippen MR) is 107 cm³/mol. The van der Waals surface area contributed by atoms with Gasteiger partial charge in [-0.05, 0) is 48.8 Å². The van der Waals surface area contributed by atoms with E-state index >= 15 is 0 Å². The number of halogens is 1. The average molecular weight is 473 g/mol. The number of aliphatic carboxylic acids is 1. The van der Waals surface area contributed by atoms with Crippen LogP contribution in [0.4, 0.5) is 0 Å². The van der Waals surface area contributed by atoms with E-state index in [0.29, 0.717) is 22.7 Å². The first-order valence-corrected chi connectivity index (χ1v) is 10.9. The molecule has 1 aromatic carbocycles. The molecule has 10 heteroatoms. The molecule has 3 rings (SSSR count). The van der Waals surface area contributed by atoms with Crippen LogP contribution in [0.25, 0.3) is 5.57 Å². The fraction of sp³-hybridized carbons (Fsp3) is 0.250. The molecule has 0 aliphatic carbocycles. The zero-order valence-corrected chi connectivity index (χ0v) is 17.5. The molecule has 1 amide bonds. The Morgan fingerprint density at radius 2 is 2.23 bits per heavy atom. The Morgan fingerprint density at radius 3 is 2.88 bits per heavy atom. The van der Waals surface area contributed by atoms with Gasteiger partial charge in [-0.3, -0.25) is 9.36 Å². The van der Waals surface area contributed by atoms with Crippen molar-refractivity contribution in [3.63, 3.8) is 0 Å². The summed E-state index contributed by atoms with van der Waals surface area (Å²) in [5.74, 6) is -1.26. The Labute approximate surface area is 170 Å². The van der Waals surface area contributed by atoms with Crippen LogP contribution in [-0.4, -0.2) is 38.7 Å². The molecule has 0 fully saturated rings. The van der Waals surface area contributed by atoms with Gasteiger partial charge in [0.05, 0.1) is 10.9 Å². The van der Waals surface area contributed by atoms with Crippen molar-refractivity contribution in [1.82, 2.24) is 4.57 Å². The smallest absolute Gasteiger partial charge is 0.326 e. The topological polar surface area (TPSA) is 91.9 Å². The SMILES string of the molecule is CSCC[C@@H](C(=O)O)n1c(O)c(C2=c3cc(Br)ccc3=NC2=O)sc1=S. The van der Waals surface area contributed by atoms with Crippen LogP contribution in [0.15, 0.2) is 27.7 Å². The number of hydrogen-bond acceptors (Lipinski definition) is 6. The number of thioether (sulfide) groups is 1. The fourth-order valence-electron chi connectivity index (χ4n) is 2.71. The lowest BCUT2D eigenvalue weighted by atomic mass is 10.1. The van der Waals surface area contributed by atoms with Crippen molar-refractivity contribution in [3.8, 4) is 5.88 Å². The van der Waals surface area contributed by atoms with E-state index in [4.69, 9.17) is 12.2 Å². The Kier molecular flexibility index (Phi) is 5.66. The molecular weight excluding hydrogens is 460 g/mol. The number of carboxylic acid groups (broad SMARTS) is 1. The number of carbonyl (C=O) groups excluding carboxylic acids is 1. The summed E-state index contributed by atoms with van der Waals surface area (Å²) in [4.78, 5) is 28.3. The van der Waals surface area contributed by atoms with Crippen LogP contribution in [-0.2, 0) is 9.59 Å². The number of thiazole rings is 1. The maximum atomic E-state index is 12.4. The first-order chi connectivity index (χ1) is 12.3. The maximum Gasteiger partial charge on any atom is 0.326 e. The highest BCUT2D eigenvalue weighted by atomic mass is 79.9. The van der Waals surface area contributed by atoms with Gasteiger partial charge in [0.25, 0.3) is 5.91 Å². The van der Waals surface area contributed by atoms with Crippen molar-refractivity contribution < 1.29 is 19.8 Å². The largest absolute Gasteiger partial charge is 0.493 e. The van der Waals surface area contributed by atoms with E-state index in [-0.39, 0.29) is 20.3 Å². The van der Waals surface area contributed by atoms with Crippen LogP contribution >= 0.6 is 51.2 Å². The Morgan fingerprint density at radius 1 is 1.50 bits per heavy atom. The molecule has 1 aromatic heterocycles. The van der Waals surface area contributed by atoms with Gasteiger partial charge in [0.1, 0.15) is 10.9 Å². The highest BCUT2D eigenvalue weighted by Gasteiger charge is 2.30. The number of hydrogen-bond donors (Lipinski definition) is 2. The summed E-state index contributed by atoms with van der Waals surface area (Å²) in [6.45, 7) is 0. The van der Waals surface area contributed by atoms with Gasteiger partial charge in [-0.2, -0.15) is 11.8 Å². The molecule has 26 heavy (non-hydrogen) atoms.